The molecular weight excluding hydrogens is 266 g/mol. The summed E-state index contributed by atoms with van der Waals surface area (Å²) in [5, 5.41) is 12.7. The third kappa shape index (κ3) is 2.93. The topological polar surface area (TPSA) is 75.1 Å². The van der Waals surface area contributed by atoms with Crippen LogP contribution in [0.2, 0.25) is 0 Å². The van der Waals surface area contributed by atoms with E-state index >= 15 is 0 Å². The van der Waals surface area contributed by atoms with E-state index in [1.807, 2.05) is 0 Å². The van der Waals surface area contributed by atoms with Gasteiger partial charge in [0.05, 0.1) is 5.69 Å². The number of carboxylic acids is 1. The summed E-state index contributed by atoms with van der Waals surface area (Å²) in [5.74, 6) is 0.900. The van der Waals surface area contributed by atoms with Crippen LogP contribution in [0.4, 0.5) is 0 Å². The molecule has 1 aliphatic carbocycles. The van der Waals surface area contributed by atoms with Gasteiger partial charge in [-0.3, -0.25) is 0 Å². The maximum atomic E-state index is 11.5. The maximum Gasteiger partial charge on any atom is 0.354 e. The molecule has 2 aliphatic rings. The van der Waals surface area contributed by atoms with Crippen LogP contribution < -0.4 is 5.32 Å². The Labute approximate surface area is 125 Å². The Morgan fingerprint density at radius 1 is 1.38 bits per heavy atom. The standard InChI is InChI=1S/C16H23N3O2/c1-2-10-4-3-5-11(8-10)15-18-13-9-17-7-6-12(13)14(19-15)16(20)21/h10-11,17H,2-9H2,1H3,(H,20,21). The van der Waals surface area contributed by atoms with Crippen molar-refractivity contribution in [2.45, 2.75) is 57.9 Å². The van der Waals surface area contributed by atoms with E-state index in [9.17, 15) is 9.90 Å². The zero-order chi connectivity index (χ0) is 14.8. The van der Waals surface area contributed by atoms with Crippen LogP contribution in [0, 0.1) is 5.92 Å². The predicted molar refractivity (Wildman–Crippen MR) is 79.4 cm³/mol. The highest BCUT2D eigenvalue weighted by Crippen LogP contribution is 2.36. The van der Waals surface area contributed by atoms with Gasteiger partial charge in [0.15, 0.2) is 5.69 Å². The molecule has 114 valence electrons. The normalized spacial score (nSPS) is 25.4. The van der Waals surface area contributed by atoms with Gasteiger partial charge in [0.25, 0.3) is 0 Å². The number of carboxylic acid groups (broad SMARTS) is 1. The molecule has 1 aromatic rings. The Hall–Kier alpha value is -1.49. The molecule has 0 radical (unpaired) electrons. The fourth-order valence-electron chi connectivity index (χ4n) is 3.63. The first-order chi connectivity index (χ1) is 10.2. The number of nitrogens with zero attached hydrogens (tertiary/aromatic N) is 2. The molecule has 0 bridgehead atoms. The smallest absolute Gasteiger partial charge is 0.354 e. The lowest BCUT2D eigenvalue weighted by atomic mass is 9.79. The summed E-state index contributed by atoms with van der Waals surface area (Å²) in [4.78, 5) is 20.7. The molecule has 1 saturated carbocycles. The molecule has 1 aromatic heterocycles. The number of nitrogens with one attached hydrogen (secondary N) is 1. The Morgan fingerprint density at radius 3 is 3.00 bits per heavy atom. The second-order valence-electron chi connectivity index (χ2n) is 6.23. The van der Waals surface area contributed by atoms with Gasteiger partial charge < -0.3 is 10.4 Å². The lowest BCUT2D eigenvalue weighted by Crippen LogP contribution is -2.29. The molecule has 3 rings (SSSR count). The molecule has 0 aromatic carbocycles. The van der Waals surface area contributed by atoms with Gasteiger partial charge in [-0.1, -0.05) is 26.2 Å². The second kappa shape index (κ2) is 6.10. The number of hydrogen-bond donors (Lipinski definition) is 2. The molecule has 1 aliphatic heterocycles. The number of fused-ring (bicyclic) bond motifs is 1. The van der Waals surface area contributed by atoms with E-state index in [-0.39, 0.29) is 5.69 Å². The monoisotopic (exact) mass is 289 g/mol. The van der Waals surface area contributed by atoms with Crippen molar-refractivity contribution >= 4 is 5.97 Å². The maximum absolute atomic E-state index is 11.5. The Morgan fingerprint density at radius 2 is 2.24 bits per heavy atom. The molecule has 0 spiro atoms. The summed E-state index contributed by atoms with van der Waals surface area (Å²) >= 11 is 0. The van der Waals surface area contributed by atoms with Crippen LogP contribution in [-0.4, -0.2) is 27.6 Å². The van der Waals surface area contributed by atoms with E-state index in [1.54, 1.807) is 0 Å². The molecule has 0 amide bonds. The van der Waals surface area contributed by atoms with Crippen LogP contribution in [-0.2, 0) is 13.0 Å². The van der Waals surface area contributed by atoms with E-state index in [0.29, 0.717) is 18.9 Å². The number of aromatic carboxylic acids is 1. The summed E-state index contributed by atoms with van der Waals surface area (Å²) in [7, 11) is 0. The number of rotatable bonds is 3. The Bertz CT molecular complexity index is 545. The van der Waals surface area contributed by atoms with Gasteiger partial charge in [0.2, 0.25) is 0 Å². The van der Waals surface area contributed by atoms with E-state index in [1.165, 1.54) is 19.3 Å². The summed E-state index contributed by atoms with van der Waals surface area (Å²) < 4.78 is 0. The summed E-state index contributed by atoms with van der Waals surface area (Å²) in [5.41, 5.74) is 1.95. The molecule has 21 heavy (non-hydrogen) atoms. The van der Waals surface area contributed by atoms with Gasteiger partial charge in [-0.25, -0.2) is 14.8 Å². The molecule has 0 saturated heterocycles. The largest absolute Gasteiger partial charge is 0.477 e. The average Bonchev–Trinajstić information content (AvgIpc) is 2.53. The minimum absolute atomic E-state index is 0.232. The molecule has 2 atom stereocenters. The lowest BCUT2D eigenvalue weighted by molar-refractivity contribution is 0.0687. The lowest BCUT2D eigenvalue weighted by Gasteiger charge is -2.28. The zero-order valence-corrected chi connectivity index (χ0v) is 12.6. The van der Waals surface area contributed by atoms with Crippen molar-refractivity contribution in [3.05, 3.63) is 22.8 Å². The van der Waals surface area contributed by atoms with Crippen molar-refractivity contribution in [2.75, 3.05) is 6.54 Å². The van der Waals surface area contributed by atoms with Crippen molar-refractivity contribution < 1.29 is 9.90 Å². The predicted octanol–water partition coefficient (Wildman–Crippen LogP) is 2.50. The molecule has 2 unspecified atom stereocenters. The average molecular weight is 289 g/mol. The van der Waals surface area contributed by atoms with Crippen LogP contribution >= 0.6 is 0 Å². The zero-order valence-electron chi connectivity index (χ0n) is 12.6. The number of aromatic nitrogens is 2. The minimum Gasteiger partial charge on any atom is -0.477 e. The van der Waals surface area contributed by atoms with Crippen LogP contribution in [0.25, 0.3) is 0 Å². The quantitative estimate of drug-likeness (QED) is 0.894. The van der Waals surface area contributed by atoms with E-state index < -0.39 is 5.97 Å². The Kier molecular flexibility index (Phi) is 4.19. The van der Waals surface area contributed by atoms with Crippen LogP contribution in [0.15, 0.2) is 0 Å². The minimum atomic E-state index is -0.917. The molecule has 5 heteroatoms. The number of carbonyl (C=O) groups is 1. The molecule has 2 N–H and O–H groups in total. The van der Waals surface area contributed by atoms with E-state index in [0.717, 1.165) is 42.4 Å². The van der Waals surface area contributed by atoms with Crippen molar-refractivity contribution in [1.29, 1.82) is 0 Å². The highest BCUT2D eigenvalue weighted by atomic mass is 16.4. The van der Waals surface area contributed by atoms with Crippen molar-refractivity contribution in [3.8, 4) is 0 Å². The van der Waals surface area contributed by atoms with Gasteiger partial charge in [0, 0.05) is 18.0 Å². The molecule has 5 nitrogen and oxygen atoms in total. The van der Waals surface area contributed by atoms with Gasteiger partial charge >= 0.3 is 5.97 Å². The highest BCUT2D eigenvalue weighted by molar-refractivity contribution is 5.87. The van der Waals surface area contributed by atoms with Crippen LogP contribution in [0.5, 0.6) is 0 Å². The van der Waals surface area contributed by atoms with Crippen molar-refractivity contribution in [2.24, 2.45) is 5.92 Å². The van der Waals surface area contributed by atoms with Crippen LogP contribution in [0.3, 0.4) is 0 Å². The molecule has 2 heterocycles. The van der Waals surface area contributed by atoms with Gasteiger partial charge in [-0.05, 0) is 31.7 Å². The van der Waals surface area contributed by atoms with E-state index in [2.05, 4.69) is 17.2 Å². The van der Waals surface area contributed by atoms with Gasteiger partial charge in [-0.15, -0.1) is 0 Å². The Balaban J connectivity index is 1.95. The summed E-state index contributed by atoms with van der Waals surface area (Å²) in [6, 6.07) is 0. The van der Waals surface area contributed by atoms with Gasteiger partial charge in [0.1, 0.15) is 5.82 Å². The van der Waals surface area contributed by atoms with Crippen molar-refractivity contribution in [3.63, 3.8) is 0 Å². The number of hydrogen-bond acceptors (Lipinski definition) is 4. The summed E-state index contributed by atoms with van der Waals surface area (Å²) in [6.07, 6.45) is 6.56. The fourth-order valence-corrected chi connectivity index (χ4v) is 3.63. The molecule has 1 fully saturated rings. The van der Waals surface area contributed by atoms with E-state index in [4.69, 9.17) is 4.98 Å². The first-order valence-electron chi connectivity index (χ1n) is 8.02. The second-order valence-corrected chi connectivity index (χ2v) is 6.23. The first kappa shape index (κ1) is 14.4. The highest BCUT2D eigenvalue weighted by Gasteiger charge is 2.28. The SMILES string of the molecule is CCC1CCCC(c2nc3c(c(C(=O)O)n2)CCNC3)C1. The molecular formula is C16H23N3O2. The van der Waals surface area contributed by atoms with Crippen LogP contribution in [0.1, 0.15) is 72.5 Å². The third-order valence-electron chi connectivity index (χ3n) is 4.88. The fraction of sp³-hybridized carbons (Fsp3) is 0.688. The van der Waals surface area contributed by atoms with Gasteiger partial charge in [-0.2, -0.15) is 0 Å². The van der Waals surface area contributed by atoms with Crippen molar-refractivity contribution in [1.82, 2.24) is 15.3 Å². The summed E-state index contributed by atoms with van der Waals surface area (Å²) in [6.45, 7) is 3.69. The third-order valence-corrected chi connectivity index (χ3v) is 4.88. The first-order valence-corrected chi connectivity index (χ1v) is 8.02.